The molecule has 3 nitrogen and oxygen atoms in total. The molecule has 0 aromatic heterocycles. The van der Waals surface area contributed by atoms with Crippen LogP contribution < -0.4 is 5.32 Å². The number of likely N-dealkylation sites (N-methyl/N-ethyl adjacent to an activating group) is 1. The standard InChI is InChI=1S/C14H28N2O/c1-3-15-13-7-5-4-6-8-14(13)16-10-9-12(11-16)17-2/h12-15H,3-11H2,1-2H3. The van der Waals surface area contributed by atoms with Crippen molar-refractivity contribution in [1.29, 1.82) is 0 Å². The van der Waals surface area contributed by atoms with Gasteiger partial charge in [0.15, 0.2) is 0 Å². The van der Waals surface area contributed by atoms with Crippen LogP contribution in [-0.4, -0.2) is 49.8 Å². The lowest BCUT2D eigenvalue weighted by Crippen LogP contribution is -2.49. The summed E-state index contributed by atoms with van der Waals surface area (Å²) >= 11 is 0. The Kier molecular flexibility index (Phi) is 5.26. The van der Waals surface area contributed by atoms with Gasteiger partial charge in [0.1, 0.15) is 0 Å². The van der Waals surface area contributed by atoms with Gasteiger partial charge in [-0.1, -0.05) is 26.2 Å². The summed E-state index contributed by atoms with van der Waals surface area (Å²) < 4.78 is 5.50. The zero-order valence-electron chi connectivity index (χ0n) is 11.5. The zero-order chi connectivity index (χ0) is 12.1. The van der Waals surface area contributed by atoms with Crippen LogP contribution in [0.4, 0.5) is 0 Å². The quantitative estimate of drug-likeness (QED) is 0.761. The summed E-state index contributed by atoms with van der Waals surface area (Å²) in [6, 6.07) is 1.45. The Bertz CT molecular complexity index is 222. The molecule has 2 fully saturated rings. The van der Waals surface area contributed by atoms with Crippen LogP contribution in [0.15, 0.2) is 0 Å². The van der Waals surface area contributed by atoms with Crippen LogP contribution >= 0.6 is 0 Å². The number of methoxy groups -OCH3 is 1. The molecule has 1 N–H and O–H groups in total. The Morgan fingerprint density at radius 2 is 2.00 bits per heavy atom. The maximum Gasteiger partial charge on any atom is 0.0710 e. The second kappa shape index (κ2) is 6.72. The molecule has 0 radical (unpaired) electrons. The fraction of sp³-hybridized carbons (Fsp3) is 1.00. The van der Waals surface area contributed by atoms with Crippen LogP contribution in [0.2, 0.25) is 0 Å². The number of nitrogens with zero attached hydrogens (tertiary/aromatic N) is 1. The monoisotopic (exact) mass is 240 g/mol. The van der Waals surface area contributed by atoms with Crippen molar-refractivity contribution >= 4 is 0 Å². The number of ether oxygens (including phenoxy) is 1. The highest BCUT2D eigenvalue weighted by Gasteiger charge is 2.33. The molecule has 0 amide bonds. The first-order chi connectivity index (χ1) is 8.35. The van der Waals surface area contributed by atoms with E-state index in [0.717, 1.165) is 19.1 Å². The smallest absolute Gasteiger partial charge is 0.0710 e. The van der Waals surface area contributed by atoms with Crippen LogP contribution in [0.3, 0.4) is 0 Å². The molecule has 1 heterocycles. The van der Waals surface area contributed by atoms with Gasteiger partial charge in [-0.2, -0.15) is 0 Å². The summed E-state index contributed by atoms with van der Waals surface area (Å²) in [7, 11) is 1.85. The molecule has 2 aliphatic rings. The van der Waals surface area contributed by atoms with Crippen molar-refractivity contribution in [2.45, 2.75) is 63.6 Å². The minimum absolute atomic E-state index is 0.473. The van der Waals surface area contributed by atoms with Gasteiger partial charge in [0.2, 0.25) is 0 Å². The van der Waals surface area contributed by atoms with E-state index in [2.05, 4.69) is 17.1 Å². The van der Waals surface area contributed by atoms with Gasteiger partial charge in [-0.25, -0.2) is 0 Å². The Hall–Kier alpha value is -0.120. The summed E-state index contributed by atoms with van der Waals surface area (Å²) in [6.45, 7) is 5.70. The second-order valence-electron chi connectivity index (χ2n) is 5.51. The fourth-order valence-electron chi connectivity index (χ4n) is 3.47. The third kappa shape index (κ3) is 3.43. The molecular weight excluding hydrogens is 212 g/mol. The van der Waals surface area contributed by atoms with Crippen molar-refractivity contribution in [3.05, 3.63) is 0 Å². The Morgan fingerprint density at radius 1 is 1.18 bits per heavy atom. The van der Waals surface area contributed by atoms with Crippen molar-refractivity contribution in [2.24, 2.45) is 0 Å². The normalized spacial score (nSPS) is 36.0. The van der Waals surface area contributed by atoms with Gasteiger partial charge in [0, 0.05) is 32.3 Å². The maximum absolute atomic E-state index is 5.50. The average Bonchev–Trinajstić information content (AvgIpc) is 2.70. The van der Waals surface area contributed by atoms with Gasteiger partial charge in [-0.3, -0.25) is 4.90 Å². The minimum Gasteiger partial charge on any atom is -0.380 e. The number of rotatable bonds is 4. The topological polar surface area (TPSA) is 24.5 Å². The van der Waals surface area contributed by atoms with E-state index in [4.69, 9.17) is 4.74 Å². The molecule has 0 bridgehead atoms. The third-order valence-electron chi connectivity index (χ3n) is 4.42. The van der Waals surface area contributed by atoms with Crippen molar-refractivity contribution in [2.75, 3.05) is 26.7 Å². The first kappa shape index (κ1) is 13.3. The zero-order valence-corrected chi connectivity index (χ0v) is 11.5. The molecule has 3 heteroatoms. The molecule has 1 aliphatic heterocycles. The summed E-state index contributed by atoms with van der Waals surface area (Å²) in [4.78, 5) is 2.67. The van der Waals surface area contributed by atoms with Gasteiger partial charge in [0.05, 0.1) is 6.10 Å². The fourth-order valence-corrected chi connectivity index (χ4v) is 3.47. The molecule has 3 unspecified atom stereocenters. The van der Waals surface area contributed by atoms with E-state index < -0.39 is 0 Å². The van der Waals surface area contributed by atoms with Crippen LogP contribution in [0, 0.1) is 0 Å². The summed E-state index contributed by atoms with van der Waals surface area (Å²) in [5, 5.41) is 3.70. The summed E-state index contributed by atoms with van der Waals surface area (Å²) in [6.07, 6.45) is 8.63. The molecule has 2 rings (SSSR count). The summed E-state index contributed by atoms with van der Waals surface area (Å²) in [5.74, 6) is 0. The molecule has 1 saturated heterocycles. The van der Waals surface area contributed by atoms with Crippen LogP contribution in [0.1, 0.15) is 45.4 Å². The van der Waals surface area contributed by atoms with E-state index in [1.807, 2.05) is 7.11 Å². The van der Waals surface area contributed by atoms with E-state index in [9.17, 15) is 0 Å². The van der Waals surface area contributed by atoms with Gasteiger partial charge < -0.3 is 10.1 Å². The lowest BCUT2D eigenvalue weighted by molar-refractivity contribution is 0.0938. The van der Waals surface area contributed by atoms with E-state index >= 15 is 0 Å². The number of likely N-dealkylation sites (tertiary alicyclic amines) is 1. The number of nitrogens with one attached hydrogen (secondary N) is 1. The van der Waals surface area contributed by atoms with E-state index in [1.165, 1.54) is 45.1 Å². The van der Waals surface area contributed by atoms with Gasteiger partial charge >= 0.3 is 0 Å². The van der Waals surface area contributed by atoms with Crippen LogP contribution in [-0.2, 0) is 4.74 Å². The van der Waals surface area contributed by atoms with Gasteiger partial charge in [-0.15, -0.1) is 0 Å². The number of hydrogen-bond acceptors (Lipinski definition) is 3. The van der Waals surface area contributed by atoms with E-state index in [1.54, 1.807) is 0 Å². The molecule has 1 saturated carbocycles. The number of hydrogen-bond donors (Lipinski definition) is 1. The molecule has 1 aliphatic carbocycles. The first-order valence-electron chi connectivity index (χ1n) is 7.35. The highest BCUT2D eigenvalue weighted by molar-refractivity contribution is 4.90. The molecule has 17 heavy (non-hydrogen) atoms. The largest absolute Gasteiger partial charge is 0.380 e. The Labute approximate surface area is 106 Å². The minimum atomic E-state index is 0.473. The molecule has 100 valence electrons. The van der Waals surface area contributed by atoms with Crippen molar-refractivity contribution < 1.29 is 4.74 Å². The molecule has 0 aromatic rings. The molecule has 0 aromatic carbocycles. The van der Waals surface area contributed by atoms with Gasteiger partial charge in [0.25, 0.3) is 0 Å². The third-order valence-corrected chi connectivity index (χ3v) is 4.42. The molecule has 3 atom stereocenters. The van der Waals surface area contributed by atoms with Crippen molar-refractivity contribution in [1.82, 2.24) is 10.2 Å². The highest BCUT2D eigenvalue weighted by Crippen LogP contribution is 2.26. The van der Waals surface area contributed by atoms with Crippen LogP contribution in [0.5, 0.6) is 0 Å². The maximum atomic E-state index is 5.50. The molecule has 0 spiro atoms. The second-order valence-corrected chi connectivity index (χ2v) is 5.51. The first-order valence-corrected chi connectivity index (χ1v) is 7.35. The highest BCUT2D eigenvalue weighted by atomic mass is 16.5. The lowest BCUT2D eigenvalue weighted by Gasteiger charge is -2.34. The van der Waals surface area contributed by atoms with Crippen molar-refractivity contribution in [3.8, 4) is 0 Å². The SMILES string of the molecule is CCNC1CCCCCC1N1CCC(OC)C1. The molecular formula is C14H28N2O. The summed E-state index contributed by atoms with van der Waals surface area (Å²) in [5.41, 5.74) is 0. The van der Waals surface area contributed by atoms with Crippen LogP contribution in [0.25, 0.3) is 0 Å². The predicted octanol–water partition coefficient (Wildman–Crippen LogP) is 2.02. The van der Waals surface area contributed by atoms with E-state index in [-0.39, 0.29) is 0 Å². The van der Waals surface area contributed by atoms with Crippen molar-refractivity contribution in [3.63, 3.8) is 0 Å². The predicted molar refractivity (Wildman–Crippen MR) is 71.3 cm³/mol. The van der Waals surface area contributed by atoms with E-state index in [0.29, 0.717) is 12.1 Å². The lowest BCUT2D eigenvalue weighted by atomic mass is 10.0. The average molecular weight is 240 g/mol. The Morgan fingerprint density at radius 3 is 2.71 bits per heavy atom. The van der Waals surface area contributed by atoms with Gasteiger partial charge in [-0.05, 0) is 25.8 Å². The Balaban J connectivity index is 1.94.